The number of thiophene rings is 1. The molecule has 0 aliphatic heterocycles. The number of nitrogens with zero attached hydrogens (tertiary/aromatic N) is 1. The first-order valence-corrected chi connectivity index (χ1v) is 12.0. The SMILES string of the molecule is O=C(O)Cc1cccc(OCCO/N=C(\Cc2cccs2)c2ccc(-c3ccccc3)cc2)c1F. The lowest BCUT2D eigenvalue weighted by Crippen LogP contribution is -2.10. The molecule has 4 rings (SSSR count). The number of hydrogen-bond acceptors (Lipinski definition) is 5. The first-order chi connectivity index (χ1) is 17.1. The normalized spacial score (nSPS) is 11.3. The number of carboxylic acids is 1. The smallest absolute Gasteiger partial charge is 0.307 e. The molecule has 7 heteroatoms. The van der Waals surface area contributed by atoms with E-state index in [4.69, 9.17) is 14.7 Å². The molecular formula is C28H24FNO4S. The minimum atomic E-state index is -1.10. The van der Waals surface area contributed by atoms with Crippen LogP contribution < -0.4 is 4.74 Å². The summed E-state index contributed by atoms with van der Waals surface area (Å²) in [4.78, 5) is 17.6. The summed E-state index contributed by atoms with van der Waals surface area (Å²) in [5, 5.41) is 15.3. The molecule has 1 N–H and O–H groups in total. The van der Waals surface area contributed by atoms with E-state index in [9.17, 15) is 9.18 Å². The lowest BCUT2D eigenvalue weighted by atomic mass is 10.0. The van der Waals surface area contributed by atoms with Crippen molar-refractivity contribution in [2.75, 3.05) is 13.2 Å². The van der Waals surface area contributed by atoms with Crippen molar-refractivity contribution in [2.24, 2.45) is 5.16 Å². The third-order valence-corrected chi connectivity index (χ3v) is 6.12. The first kappa shape index (κ1) is 24.2. The van der Waals surface area contributed by atoms with Crippen LogP contribution in [0.25, 0.3) is 11.1 Å². The van der Waals surface area contributed by atoms with Crippen molar-refractivity contribution >= 4 is 23.0 Å². The quantitative estimate of drug-likeness (QED) is 0.154. The van der Waals surface area contributed by atoms with E-state index in [1.807, 2.05) is 41.8 Å². The van der Waals surface area contributed by atoms with Gasteiger partial charge < -0.3 is 14.7 Å². The fourth-order valence-corrected chi connectivity index (χ4v) is 4.24. The first-order valence-electron chi connectivity index (χ1n) is 11.1. The Morgan fingerprint density at radius 1 is 0.857 bits per heavy atom. The summed E-state index contributed by atoms with van der Waals surface area (Å²) in [6.07, 6.45) is 0.216. The highest BCUT2D eigenvalue weighted by atomic mass is 32.1. The summed E-state index contributed by atoms with van der Waals surface area (Å²) in [5.74, 6) is -1.78. The van der Waals surface area contributed by atoms with Crippen molar-refractivity contribution in [1.29, 1.82) is 0 Å². The van der Waals surface area contributed by atoms with Crippen molar-refractivity contribution in [3.63, 3.8) is 0 Å². The van der Waals surface area contributed by atoms with Gasteiger partial charge in [0.15, 0.2) is 18.2 Å². The van der Waals surface area contributed by atoms with Crippen molar-refractivity contribution in [1.82, 2.24) is 0 Å². The number of rotatable bonds is 11. The summed E-state index contributed by atoms with van der Waals surface area (Å²) < 4.78 is 19.9. The second-order valence-electron chi connectivity index (χ2n) is 7.72. The van der Waals surface area contributed by atoms with Gasteiger partial charge in [0.25, 0.3) is 0 Å². The number of carboxylic acid groups (broad SMARTS) is 1. The molecule has 0 unspecified atom stereocenters. The maximum Gasteiger partial charge on any atom is 0.307 e. The molecule has 0 aliphatic rings. The van der Waals surface area contributed by atoms with Gasteiger partial charge in [-0.15, -0.1) is 11.3 Å². The largest absolute Gasteiger partial charge is 0.487 e. The predicted octanol–water partition coefficient (Wildman–Crippen LogP) is 6.22. The van der Waals surface area contributed by atoms with Crippen LogP contribution in [-0.4, -0.2) is 30.0 Å². The summed E-state index contributed by atoms with van der Waals surface area (Å²) in [5.41, 5.74) is 4.06. The fourth-order valence-electron chi connectivity index (χ4n) is 3.53. The van der Waals surface area contributed by atoms with Crippen LogP contribution in [-0.2, 0) is 22.5 Å². The molecule has 0 spiro atoms. The van der Waals surface area contributed by atoms with Crippen LogP contribution in [0.5, 0.6) is 5.75 Å². The third kappa shape index (κ3) is 6.77. The van der Waals surface area contributed by atoms with E-state index in [0.717, 1.165) is 27.3 Å². The van der Waals surface area contributed by atoms with Crippen LogP contribution in [0.1, 0.15) is 16.0 Å². The molecular weight excluding hydrogens is 465 g/mol. The Labute approximate surface area is 207 Å². The molecule has 0 bridgehead atoms. The van der Waals surface area contributed by atoms with Crippen LogP contribution in [0, 0.1) is 5.82 Å². The topological polar surface area (TPSA) is 68.1 Å². The van der Waals surface area contributed by atoms with Crippen molar-refractivity contribution < 1.29 is 23.9 Å². The zero-order valence-corrected chi connectivity index (χ0v) is 19.7. The molecule has 178 valence electrons. The van der Waals surface area contributed by atoms with E-state index >= 15 is 0 Å². The lowest BCUT2D eigenvalue weighted by molar-refractivity contribution is -0.136. The number of oxime groups is 1. The summed E-state index contributed by atoms with van der Waals surface area (Å²) in [6.45, 7) is 0.175. The lowest BCUT2D eigenvalue weighted by Gasteiger charge is -2.10. The molecule has 35 heavy (non-hydrogen) atoms. The van der Waals surface area contributed by atoms with Gasteiger partial charge in [0.1, 0.15) is 6.61 Å². The maximum atomic E-state index is 14.4. The fraction of sp³-hybridized carbons (Fsp3) is 0.143. The van der Waals surface area contributed by atoms with Crippen molar-refractivity contribution in [3.8, 4) is 16.9 Å². The maximum absolute atomic E-state index is 14.4. The highest BCUT2D eigenvalue weighted by Crippen LogP contribution is 2.22. The Bertz CT molecular complexity index is 1270. The molecule has 5 nitrogen and oxygen atoms in total. The average Bonchev–Trinajstić information content (AvgIpc) is 3.39. The summed E-state index contributed by atoms with van der Waals surface area (Å²) in [6, 6.07) is 26.8. The second kappa shape index (κ2) is 11.9. The van der Waals surface area contributed by atoms with Gasteiger partial charge in [-0.25, -0.2) is 4.39 Å². The van der Waals surface area contributed by atoms with E-state index in [2.05, 4.69) is 35.5 Å². The summed E-state index contributed by atoms with van der Waals surface area (Å²) in [7, 11) is 0. The zero-order valence-electron chi connectivity index (χ0n) is 18.9. The number of hydrogen-bond donors (Lipinski definition) is 1. The molecule has 4 aromatic rings. The Balaban J connectivity index is 1.41. The molecule has 0 saturated heterocycles. The van der Waals surface area contributed by atoms with Gasteiger partial charge in [0, 0.05) is 16.9 Å². The second-order valence-corrected chi connectivity index (χ2v) is 8.75. The van der Waals surface area contributed by atoms with Gasteiger partial charge in [0.2, 0.25) is 0 Å². The van der Waals surface area contributed by atoms with E-state index in [0.29, 0.717) is 6.42 Å². The van der Waals surface area contributed by atoms with Gasteiger partial charge in [-0.05, 0) is 34.2 Å². The minimum absolute atomic E-state index is 0.00774. The average molecular weight is 490 g/mol. The highest BCUT2D eigenvalue weighted by Gasteiger charge is 2.12. The minimum Gasteiger partial charge on any atom is -0.487 e. The van der Waals surface area contributed by atoms with Crippen LogP contribution in [0.15, 0.2) is 95.5 Å². The van der Waals surface area contributed by atoms with Crippen LogP contribution in [0.3, 0.4) is 0 Å². The Hall–Kier alpha value is -3.97. The number of aliphatic carboxylic acids is 1. The molecule has 0 fully saturated rings. The molecule has 1 aromatic heterocycles. The number of halogens is 1. The molecule has 1 heterocycles. The van der Waals surface area contributed by atoms with Gasteiger partial charge in [-0.1, -0.05) is 78.0 Å². The Morgan fingerprint density at radius 2 is 1.63 bits per heavy atom. The molecule has 0 radical (unpaired) electrons. The Morgan fingerprint density at radius 3 is 2.34 bits per heavy atom. The van der Waals surface area contributed by atoms with E-state index in [1.54, 1.807) is 17.4 Å². The van der Waals surface area contributed by atoms with Crippen LogP contribution in [0.2, 0.25) is 0 Å². The van der Waals surface area contributed by atoms with Crippen LogP contribution >= 0.6 is 11.3 Å². The summed E-state index contributed by atoms with van der Waals surface area (Å²) >= 11 is 1.65. The standard InChI is InChI=1S/C28H24FNO4S/c29-28-23(18-27(31)32)8-4-10-26(28)33-15-16-34-30-25(19-24-9-5-17-35-24)22-13-11-21(12-14-22)20-6-2-1-3-7-20/h1-14,17H,15-16,18-19H2,(H,31,32)/b30-25+. The van der Waals surface area contributed by atoms with Crippen molar-refractivity contribution in [2.45, 2.75) is 12.8 Å². The van der Waals surface area contributed by atoms with Crippen molar-refractivity contribution in [3.05, 3.63) is 112 Å². The highest BCUT2D eigenvalue weighted by molar-refractivity contribution is 7.10. The molecule has 0 aliphatic carbocycles. The number of benzene rings is 3. The Kier molecular flexibility index (Phi) is 8.25. The van der Waals surface area contributed by atoms with Gasteiger partial charge in [0.05, 0.1) is 12.1 Å². The van der Waals surface area contributed by atoms with E-state index in [1.165, 1.54) is 12.1 Å². The van der Waals surface area contributed by atoms with Gasteiger partial charge in [-0.2, -0.15) is 0 Å². The van der Waals surface area contributed by atoms with Crippen LogP contribution in [0.4, 0.5) is 4.39 Å². The monoisotopic (exact) mass is 489 g/mol. The third-order valence-electron chi connectivity index (χ3n) is 5.24. The van der Waals surface area contributed by atoms with Gasteiger partial charge >= 0.3 is 5.97 Å². The molecule has 3 aromatic carbocycles. The molecule has 0 saturated carbocycles. The molecule has 0 amide bonds. The van der Waals surface area contributed by atoms with Gasteiger partial charge in [-0.3, -0.25) is 4.79 Å². The molecule has 0 atom stereocenters. The van der Waals surface area contributed by atoms with E-state index in [-0.39, 0.29) is 24.5 Å². The van der Waals surface area contributed by atoms with E-state index < -0.39 is 18.2 Å². The number of carbonyl (C=O) groups is 1. The number of ether oxygens (including phenoxy) is 1. The predicted molar refractivity (Wildman–Crippen MR) is 136 cm³/mol. The zero-order chi connectivity index (χ0) is 24.5.